The summed E-state index contributed by atoms with van der Waals surface area (Å²) in [6.45, 7) is 1.59. The van der Waals surface area contributed by atoms with Gasteiger partial charge in [0.25, 0.3) is 0 Å². The fourth-order valence-electron chi connectivity index (χ4n) is 2.21. The lowest BCUT2D eigenvalue weighted by Gasteiger charge is -2.30. The lowest BCUT2D eigenvalue weighted by molar-refractivity contribution is -0.143. The number of ketones is 2. The van der Waals surface area contributed by atoms with E-state index in [1.807, 2.05) is 0 Å². The Kier molecular flexibility index (Phi) is 3.34. The number of carbonyl (C=O) groups is 3. The predicted octanol–water partition coefficient (Wildman–Crippen LogP) is 1.99. The van der Waals surface area contributed by atoms with E-state index in [1.54, 1.807) is 31.2 Å². The van der Waals surface area contributed by atoms with E-state index in [4.69, 9.17) is 0 Å². The summed E-state index contributed by atoms with van der Waals surface area (Å²) in [5.41, 5.74) is -0.0799. The van der Waals surface area contributed by atoms with Gasteiger partial charge < -0.3 is 5.11 Å². The second kappa shape index (κ2) is 4.80. The molecule has 0 aromatic carbocycles. The molecular weight excluding hydrogens is 244 g/mol. The van der Waals surface area contributed by atoms with Crippen LogP contribution in [0, 0.1) is 5.41 Å². The molecule has 0 bridgehead atoms. The van der Waals surface area contributed by atoms with Gasteiger partial charge in [-0.3, -0.25) is 14.4 Å². The average Bonchev–Trinajstić information content (AvgIpc) is 2.39. The molecule has 0 saturated heterocycles. The summed E-state index contributed by atoms with van der Waals surface area (Å²) >= 11 is 0. The summed E-state index contributed by atoms with van der Waals surface area (Å²) in [6.07, 6.45) is 9.60. The average molecular weight is 258 g/mol. The highest BCUT2D eigenvalue weighted by molar-refractivity contribution is 5.96. The molecule has 0 spiro atoms. The Hall–Kier alpha value is -2.23. The zero-order chi connectivity index (χ0) is 14.0. The fraction of sp³-hybridized carbons (Fsp3) is 0.267. The Bertz CT molecular complexity index is 531. The van der Waals surface area contributed by atoms with E-state index in [0.29, 0.717) is 11.1 Å². The predicted molar refractivity (Wildman–Crippen MR) is 69.4 cm³/mol. The second-order valence-electron chi connectivity index (χ2n) is 4.76. The number of aliphatic carboxylic acids is 1. The van der Waals surface area contributed by atoms with E-state index in [9.17, 15) is 19.5 Å². The minimum absolute atomic E-state index is 0.0418. The number of carboxylic acid groups (broad SMARTS) is 1. The standard InChI is InChI=1S/C15H14O4/c1-15(14(18)19,10-2-6-12(16)7-3-10)11-4-8-13(17)9-5-11/h2-6,8H,7,9H2,1H3,(H,18,19). The van der Waals surface area contributed by atoms with Gasteiger partial charge in [-0.2, -0.15) is 0 Å². The summed E-state index contributed by atoms with van der Waals surface area (Å²) in [7, 11) is 0. The molecule has 0 aromatic heterocycles. The van der Waals surface area contributed by atoms with Crippen molar-refractivity contribution in [1.29, 1.82) is 0 Å². The highest BCUT2D eigenvalue weighted by Gasteiger charge is 2.40. The van der Waals surface area contributed by atoms with Crippen LogP contribution in [0.4, 0.5) is 0 Å². The minimum atomic E-state index is -1.23. The van der Waals surface area contributed by atoms with E-state index in [-0.39, 0.29) is 24.4 Å². The first-order valence-corrected chi connectivity index (χ1v) is 6.01. The van der Waals surface area contributed by atoms with Crippen molar-refractivity contribution in [3.8, 4) is 0 Å². The maximum Gasteiger partial charge on any atom is 0.318 e. The molecule has 2 aliphatic carbocycles. The van der Waals surface area contributed by atoms with Crippen LogP contribution in [0.3, 0.4) is 0 Å². The molecule has 0 radical (unpaired) electrons. The van der Waals surface area contributed by atoms with Crippen molar-refractivity contribution in [2.45, 2.75) is 19.8 Å². The normalized spacial score (nSPS) is 19.2. The lowest BCUT2D eigenvalue weighted by Crippen LogP contribution is -2.32. The molecular formula is C15H14O4. The summed E-state index contributed by atoms with van der Waals surface area (Å²) in [6, 6.07) is 0. The first kappa shape index (κ1) is 13.2. The van der Waals surface area contributed by atoms with Crippen LogP contribution in [0.1, 0.15) is 19.8 Å². The van der Waals surface area contributed by atoms with Crippen LogP contribution >= 0.6 is 0 Å². The van der Waals surface area contributed by atoms with E-state index >= 15 is 0 Å². The molecule has 0 aromatic rings. The third-order valence-corrected chi connectivity index (χ3v) is 3.53. The zero-order valence-electron chi connectivity index (χ0n) is 10.6. The Morgan fingerprint density at radius 1 is 1.00 bits per heavy atom. The van der Waals surface area contributed by atoms with Gasteiger partial charge >= 0.3 is 5.97 Å². The molecule has 4 nitrogen and oxygen atoms in total. The third-order valence-electron chi connectivity index (χ3n) is 3.53. The van der Waals surface area contributed by atoms with Crippen molar-refractivity contribution in [3.63, 3.8) is 0 Å². The Labute approximate surface area is 110 Å². The van der Waals surface area contributed by atoms with Gasteiger partial charge in [0.1, 0.15) is 5.41 Å². The number of carbonyl (C=O) groups excluding carboxylic acids is 2. The molecule has 0 unspecified atom stereocenters. The van der Waals surface area contributed by atoms with Crippen LogP contribution in [0.5, 0.6) is 0 Å². The Morgan fingerprint density at radius 2 is 1.42 bits per heavy atom. The molecule has 0 saturated carbocycles. The van der Waals surface area contributed by atoms with Crippen molar-refractivity contribution >= 4 is 17.5 Å². The summed E-state index contributed by atoms with van der Waals surface area (Å²) in [5.74, 6) is -1.08. The number of allylic oxidation sites excluding steroid dienone is 6. The van der Waals surface area contributed by atoms with Crippen LogP contribution in [0.15, 0.2) is 47.6 Å². The molecule has 4 heteroatoms. The molecule has 19 heavy (non-hydrogen) atoms. The first-order valence-electron chi connectivity index (χ1n) is 6.01. The summed E-state index contributed by atoms with van der Waals surface area (Å²) in [4.78, 5) is 34.0. The van der Waals surface area contributed by atoms with Gasteiger partial charge in [-0.25, -0.2) is 0 Å². The lowest BCUT2D eigenvalue weighted by atomic mass is 9.72. The third kappa shape index (κ3) is 2.34. The van der Waals surface area contributed by atoms with Crippen molar-refractivity contribution in [2.24, 2.45) is 5.41 Å². The maximum absolute atomic E-state index is 11.7. The SMILES string of the molecule is CC(C(=O)O)(C1=CCC(=O)C=C1)C1=CCC(=O)C=C1. The molecule has 0 heterocycles. The van der Waals surface area contributed by atoms with E-state index in [0.717, 1.165) is 0 Å². The summed E-state index contributed by atoms with van der Waals surface area (Å²) in [5, 5.41) is 9.55. The Morgan fingerprint density at radius 3 is 1.68 bits per heavy atom. The van der Waals surface area contributed by atoms with Gasteiger partial charge in [0.15, 0.2) is 11.6 Å². The van der Waals surface area contributed by atoms with Crippen molar-refractivity contribution in [3.05, 3.63) is 47.6 Å². The quantitative estimate of drug-likeness (QED) is 0.840. The van der Waals surface area contributed by atoms with E-state index < -0.39 is 11.4 Å². The van der Waals surface area contributed by atoms with Crippen molar-refractivity contribution < 1.29 is 19.5 Å². The minimum Gasteiger partial charge on any atom is -0.480 e. The van der Waals surface area contributed by atoms with Crippen LogP contribution in [-0.4, -0.2) is 22.6 Å². The molecule has 2 aliphatic rings. The molecule has 0 atom stereocenters. The maximum atomic E-state index is 11.7. The van der Waals surface area contributed by atoms with Crippen LogP contribution < -0.4 is 0 Å². The molecule has 0 amide bonds. The number of carboxylic acids is 1. The number of hydrogen-bond acceptors (Lipinski definition) is 3. The first-order chi connectivity index (χ1) is 8.94. The monoisotopic (exact) mass is 258 g/mol. The van der Waals surface area contributed by atoms with Crippen LogP contribution in [0.2, 0.25) is 0 Å². The highest BCUT2D eigenvalue weighted by atomic mass is 16.4. The van der Waals surface area contributed by atoms with Crippen molar-refractivity contribution in [1.82, 2.24) is 0 Å². The molecule has 2 rings (SSSR count). The van der Waals surface area contributed by atoms with Gasteiger partial charge in [-0.05, 0) is 30.2 Å². The summed E-state index contributed by atoms with van der Waals surface area (Å²) < 4.78 is 0. The van der Waals surface area contributed by atoms with Crippen LogP contribution in [-0.2, 0) is 14.4 Å². The Balaban J connectivity index is 2.42. The fourth-order valence-corrected chi connectivity index (χ4v) is 2.21. The van der Waals surface area contributed by atoms with Crippen molar-refractivity contribution in [2.75, 3.05) is 0 Å². The largest absolute Gasteiger partial charge is 0.480 e. The zero-order valence-corrected chi connectivity index (χ0v) is 10.6. The van der Waals surface area contributed by atoms with Gasteiger partial charge in [0.05, 0.1) is 0 Å². The second-order valence-corrected chi connectivity index (χ2v) is 4.76. The van der Waals surface area contributed by atoms with Gasteiger partial charge in [0, 0.05) is 12.8 Å². The van der Waals surface area contributed by atoms with E-state index in [1.165, 1.54) is 12.2 Å². The van der Waals surface area contributed by atoms with Gasteiger partial charge in [0.2, 0.25) is 0 Å². The topological polar surface area (TPSA) is 71.4 Å². The van der Waals surface area contributed by atoms with Crippen LogP contribution in [0.25, 0.3) is 0 Å². The molecule has 1 N–H and O–H groups in total. The smallest absolute Gasteiger partial charge is 0.318 e. The molecule has 0 aliphatic heterocycles. The number of hydrogen-bond donors (Lipinski definition) is 1. The molecule has 0 fully saturated rings. The van der Waals surface area contributed by atoms with E-state index in [2.05, 4.69) is 0 Å². The molecule has 98 valence electrons. The van der Waals surface area contributed by atoms with Gasteiger partial charge in [-0.15, -0.1) is 0 Å². The highest BCUT2D eigenvalue weighted by Crippen LogP contribution is 2.39. The number of rotatable bonds is 3. The van der Waals surface area contributed by atoms with Gasteiger partial charge in [-0.1, -0.05) is 24.3 Å².